The number of carbonyl (C=O) groups is 1. The molecule has 0 heterocycles. The van der Waals surface area contributed by atoms with Crippen molar-refractivity contribution in [2.24, 2.45) is 0 Å². The number of rotatable bonds is 10. The number of carbonyl (C=O) groups excluding carboxylic acids is 1. The lowest BCUT2D eigenvalue weighted by atomic mass is 10.3. The first-order valence-corrected chi connectivity index (χ1v) is 9.71. The molecule has 0 aliphatic heterocycles. The summed E-state index contributed by atoms with van der Waals surface area (Å²) >= 11 is 0. The molecule has 1 N–H and O–H groups in total. The third kappa shape index (κ3) is 5.80. The molecule has 27 heavy (non-hydrogen) atoms. The Morgan fingerprint density at radius 2 is 1.59 bits per heavy atom. The third-order valence-electron chi connectivity index (χ3n) is 3.55. The monoisotopic (exact) mass is 386 g/mol. The van der Waals surface area contributed by atoms with E-state index in [1.54, 1.807) is 12.1 Å². The zero-order chi connectivity index (χ0) is 19.7. The highest BCUT2D eigenvalue weighted by atomic mass is 32.2. The Balaban J connectivity index is 2.00. The minimum Gasteiger partial charge on any atom is -0.484 e. The first-order valence-electron chi connectivity index (χ1n) is 8.27. The van der Waals surface area contributed by atoms with E-state index in [0.29, 0.717) is 11.4 Å². The van der Waals surface area contributed by atoms with Gasteiger partial charge in [-0.2, -0.15) is 4.31 Å². The van der Waals surface area contributed by atoms with Gasteiger partial charge in [-0.1, -0.05) is 30.4 Å². The molecule has 2 aromatic rings. The number of anilines is 1. The molecule has 0 unspecified atom stereocenters. The summed E-state index contributed by atoms with van der Waals surface area (Å²) < 4.78 is 31.9. The van der Waals surface area contributed by atoms with Crippen molar-refractivity contribution < 1.29 is 17.9 Å². The molecule has 2 aromatic carbocycles. The number of amides is 1. The van der Waals surface area contributed by atoms with Gasteiger partial charge in [0.15, 0.2) is 6.61 Å². The summed E-state index contributed by atoms with van der Waals surface area (Å²) in [5, 5.41) is 2.67. The summed E-state index contributed by atoms with van der Waals surface area (Å²) in [5.41, 5.74) is 0.481. The summed E-state index contributed by atoms with van der Waals surface area (Å²) in [5.74, 6) is 0.257. The molecule has 0 bridgehead atoms. The maximum absolute atomic E-state index is 12.6. The largest absolute Gasteiger partial charge is 0.484 e. The Hall–Kier alpha value is -2.90. The van der Waals surface area contributed by atoms with Crippen molar-refractivity contribution >= 4 is 21.6 Å². The van der Waals surface area contributed by atoms with Gasteiger partial charge in [0.2, 0.25) is 10.0 Å². The van der Waals surface area contributed by atoms with E-state index in [1.807, 2.05) is 18.2 Å². The molecular weight excluding hydrogens is 364 g/mol. The van der Waals surface area contributed by atoms with Crippen molar-refractivity contribution in [1.29, 1.82) is 0 Å². The minimum atomic E-state index is -3.66. The second kappa shape index (κ2) is 9.70. The van der Waals surface area contributed by atoms with Crippen LogP contribution in [0.15, 0.2) is 84.8 Å². The molecule has 142 valence electrons. The Bertz CT molecular complexity index is 868. The van der Waals surface area contributed by atoms with Crippen molar-refractivity contribution in [2.45, 2.75) is 4.90 Å². The van der Waals surface area contributed by atoms with Crippen molar-refractivity contribution in [3.63, 3.8) is 0 Å². The van der Waals surface area contributed by atoms with Crippen LogP contribution in [0.5, 0.6) is 5.75 Å². The fraction of sp³-hybridized carbons (Fsp3) is 0.150. The van der Waals surface area contributed by atoms with E-state index in [-0.39, 0.29) is 30.5 Å². The van der Waals surface area contributed by atoms with Crippen molar-refractivity contribution in [2.75, 3.05) is 25.0 Å². The Morgan fingerprint density at radius 3 is 2.15 bits per heavy atom. The highest BCUT2D eigenvalue weighted by Gasteiger charge is 2.22. The van der Waals surface area contributed by atoms with E-state index in [1.165, 1.54) is 40.7 Å². The normalized spacial score (nSPS) is 11.0. The molecule has 0 aliphatic rings. The smallest absolute Gasteiger partial charge is 0.262 e. The number of para-hydroxylation sites is 1. The highest BCUT2D eigenvalue weighted by molar-refractivity contribution is 7.89. The molecule has 0 aromatic heterocycles. The van der Waals surface area contributed by atoms with E-state index >= 15 is 0 Å². The van der Waals surface area contributed by atoms with Crippen LogP contribution in [-0.4, -0.2) is 38.3 Å². The quantitative estimate of drug-likeness (QED) is 0.637. The van der Waals surface area contributed by atoms with E-state index in [2.05, 4.69) is 18.5 Å². The molecule has 0 aliphatic carbocycles. The lowest BCUT2D eigenvalue weighted by Gasteiger charge is -2.19. The van der Waals surface area contributed by atoms with Gasteiger partial charge in [0.05, 0.1) is 4.90 Å². The summed E-state index contributed by atoms with van der Waals surface area (Å²) in [6.07, 6.45) is 3.03. The van der Waals surface area contributed by atoms with Gasteiger partial charge in [-0.05, 0) is 36.4 Å². The molecule has 0 saturated heterocycles. The zero-order valence-corrected chi connectivity index (χ0v) is 15.7. The number of ether oxygens (including phenoxy) is 1. The fourth-order valence-electron chi connectivity index (χ4n) is 2.28. The number of sulfonamides is 1. The third-order valence-corrected chi connectivity index (χ3v) is 5.40. The van der Waals surface area contributed by atoms with Gasteiger partial charge < -0.3 is 10.1 Å². The second-order valence-electron chi connectivity index (χ2n) is 5.57. The lowest BCUT2D eigenvalue weighted by Crippen LogP contribution is -2.31. The van der Waals surface area contributed by atoms with E-state index < -0.39 is 10.0 Å². The van der Waals surface area contributed by atoms with Crippen LogP contribution in [0.2, 0.25) is 0 Å². The van der Waals surface area contributed by atoms with Crippen LogP contribution in [0.3, 0.4) is 0 Å². The molecule has 0 atom stereocenters. The predicted molar refractivity (Wildman–Crippen MR) is 106 cm³/mol. The van der Waals surface area contributed by atoms with Gasteiger partial charge in [0.1, 0.15) is 5.75 Å². The summed E-state index contributed by atoms with van der Waals surface area (Å²) in [6, 6.07) is 15.0. The van der Waals surface area contributed by atoms with Crippen LogP contribution in [0.4, 0.5) is 5.69 Å². The van der Waals surface area contributed by atoms with Crippen molar-refractivity contribution in [3.8, 4) is 5.75 Å². The molecule has 7 heteroatoms. The first-order chi connectivity index (χ1) is 13.0. The van der Waals surface area contributed by atoms with Gasteiger partial charge in [-0.3, -0.25) is 4.79 Å². The summed E-state index contributed by atoms with van der Waals surface area (Å²) in [7, 11) is -3.66. The SMILES string of the molecule is C=CCN(CC=C)S(=O)(=O)c1ccc(NC(=O)COc2ccccc2)cc1. The second-order valence-corrected chi connectivity index (χ2v) is 7.51. The van der Waals surface area contributed by atoms with Crippen LogP contribution in [0.1, 0.15) is 0 Å². The van der Waals surface area contributed by atoms with Gasteiger partial charge in [0.25, 0.3) is 5.91 Å². The maximum atomic E-state index is 12.6. The molecule has 0 spiro atoms. The molecule has 1 amide bonds. The van der Waals surface area contributed by atoms with Crippen molar-refractivity contribution in [3.05, 3.63) is 79.9 Å². The molecule has 0 radical (unpaired) electrons. The van der Waals surface area contributed by atoms with Gasteiger partial charge in [-0.15, -0.1) is 13.2 Å². The van der Waals surface area contributed by atoms with E-state index in [4.69, 9.17) is 4.74 Å². The topological polar surface area (TPSA) is 75.7 Å². The van der Waals surface area contributed by atoms with Gasteiger partial charge in [-0.25, -0.2) is 8.42 Å². The maximum Gasteiger partial charge on any atom is 0.262 e. The Labute approximate surface area is 159 Å². The number of hydrogen-bond acceptors (Lipinski definition) is 4. The van der Waals surface area contributed by atoms with E-state index in [9.17, 15) is 13.2 Å². The number of nitrogens with one attached hydrogen (secondary N) is 1. The molecule has 0 saturated carbocycles. The van der Waals surface area contributed by atoms with Crippen LogP contribution in [-0.2, 0) is 14.8 Å². The van der Waals surface area contributed by atoms with Crippen LogP contribution < -0.4 is 10.1 Å². The average molecular weight is 386 g/mol. The minimum absolute atomic E-state index is 0.129. The zero-order valence-electron chi connectivity index (χ0n) is 14.9. The average Bonchev–Trinajstić information content (AvgIpc) is 2.67. The predicted octanol–water partition coefficient (Wildman–Crippen LogP) is 3.07. The Kier molecular flexibility index (Phi) is 7.34. The van der Waals surface area contributed by atoms with Crippen LogP contribution >= 0.6 is 0 Å². The Morgan fingerprint density at radius 1 is 1.00 bits per heavy atom. The van der Waals surface area contributed by atoms with Crippen LogP contribution in [0, 0.1) is 0 Å². The molecule has 0 fully saturated rings. The highest BCUT2D eigenvalue weighted by Crippen LogP contribution is 2.18. The molecule has 6 nitrogen and oxygen atoms in total. The summed E-state index contributed by atoms with van der Waals surface area (Å²) in [6.45, 7) is 7.38. The first kappa shape index (κ1) is 20.4. The van der Waals surface area contributed by atoms with Gasteiger partial charge in [0, 0.05) is 18.8 Å². The molecular formula is C20H22N2O4S. The van der Waals surface area contributed by atoms with Gasteiger partial charge >= 0.3 is 0 Å². The van der Waals surface area contributed by atoms with Crippen molar-refractivity contribution in [1.82, 2.24) is 4.31 Å². The number of hydrogen-bond donors (Lipinski definition) is 1. The number of benzene rings is 2. The number of nitrogens with zero attached hydrogens (tertiary/aromatic N) is 1. The standard InChI is InChI=1S/C20H22N2O4S/c1-3-14-22(15-4-2)27(24,25)19-12-10-17(11-13-19)21-20(23)16-26-18-8-6-5-7-9-18/h3-13H,1-2,14-16H2,(H,21,23). The van der Waals surface area contributed by atoms with E-state index in [0.717, 1.165) is 0 Å². The fourth-order valence-corrected chi connectivity index (χ4v) is 3.66. The lowest BCUT2D eigenvalue weighted by molar-refractivity contribution is -0.118. The summed E-state index contributed by atoms with van der Waals surface area (Å²) in [4.78, 5) is 12.1. The molecule has 2 rings (SSSR count). The van der Waals surface area contributed by atoms with Crippen LogP contribution in [0.25, 0.3) is 0 Å².